The molecule has 1 saturated carbocycles. The van der Waals surface area contributed by atoms with E-state index in [0.29, 0.717) is 29.0 Å². The van der Waals surface area contributed by atoms with Crippen LogP contribution in [0.15, 0.2) is 67.4 Å². The summed E-state index contributed by atoms with van der Waals surface area (Å²) in [7, 11) is 0. The quantitative estimate of drug-likeness (QED) is 0.503. The molecule has 164 valence electrons. The summed E-state index contributed by atoms with van der Waals surface area (Å²) in [6.07, 6.45) is 14.3. The Labute approximate surface area is 192 Å². The van der Waals surface area contributed by atoms with Crippen LogP contribution < -0.4 is 5.32 Å². The van der Waals surface area contributed by atoms with Gasteiger partial charge in [0.15, 0.2) is 0 Å². The summed E-state index contributed by atoms with van der Waals surface area (Å²) < 4.78 is 1.77. The molecule has 3 heterocycles. The topological polar surface area (TPSA) is 96.5 Å². The number of hydrogen-bond donors (Lipinski definition) is 1. The van der Waals surface area contributed by atoms with Crippen molar-refractivity contribution in [1.29, 1.82) is 5.26 Å². The number of nitriles is 1. The Kier molecular flexibility index (Phi) is 5.57. The molecule has 7 heteroatoms. The van der Waals surface area contributed by atoms with Crippen molar-refractivity contribution in [3.05, 3.63) is 84.1 Å². The van der Waals surface area contributed by atoms with Crippen LogP contribution >= 0.6 is 0 Å². The molecule has 1 aliphatic rings. The number of rotatable bonds is 5. The van der Waals surface area contributed by atoms with E-state index in [2.05, 4.69) is 32.4 Å². The Hall–Kier alpha value is -4.05. The molecule has 3 aromatic heterocycles. The fraction of sp³-hybridized carbons (Fsp3) is 0.269. The van der Waals surface area contributed by atoms with E-state index in [1.165, 1.54) is 12.0 Å². The van der Waals surface area contributed by atoms with Gasteiger partial charge in [-0.05, 0) is 42.7 Å². The third-order valence-corrected chi connectivity index (χ3v) is 6.63. The number of hydrogen-bond acceptors (Lipinski definition) is 5. The van der Waals surface area contributed by atoms with E-state index >= 15 is 0 Å². The Morgan fingerprint density at radius 1 is 1.06 bits per heavy atom. The first-order valence-corrected chi connectivity index (χ1v) is 11.2. The zero-order valence-corrected chi connectivity index (χ0v) is 18.2. The van der Waals surface area contributed by atoms with Crippen molar-refractivity contribution < 1.29 is 4.79 Å². The van der Waals surface area contributed by atoms with Crippen LogP contribution in [0.4, 0.5) is 0 Å². The Balaban J connectivity index is 1.52. The van der Waals surface area contributed by atoms with Crippen molar-refractivity contribution in [2.75, 3.05) is 6.54 Å². The van der Waals surface area contributed by atoms with Gasteiger partial charge in [-0.3, -0.25) is 14.3 Å². The van der Waals surface area contributed by atoms with Gasteiger partial charge >= 0.3 is 0 Å². The third-order valence-electron chi connectivity index (χ3n) is 6.63. The summed E-state index contributed by atoms with van der Waals surface area (Å²) in [5.74, 6) is 0.252. The summed E-state index contributed by atoms with van der Waals surface area (Å²) in [6, 6.07) is 13.4. The molecule has 7 nitrogen and oxygen atoms in total. The molecule has 0 aliphatic heterocycles. The first-order chi connectivity index (χ1) is 16.2. The summed E-state index contributed by atoms with van der Waals surface area (Å²) in [5, 5.41) is 13.5. The molecule has 0 radical (unpaired) electrons. The lowest BCUT2D eigenvalue weighted by atomic mass is 9.70. The number of aromatic nitrogens is 4. The molecule has 0 bridgehead atoms. The molecular weight excluding hydrogens is 412 g/mol. The third kappa shape index (κ3) is 3.85. The highest BCUT2D eigenvalue weighted by atomic mass is 16.1. The summed E-state index contributed by atoms with van der Waals surface area (Å²) in [4.78, 5) is 26.5. The SMILES string of the molecule is N#Cc1cccc2c1c(C(=O)NCC1(c3cccnc3)CCCCC1)cn2-c1ncccn1. The van der Waals surface area contributed by atoms with Gasteiger partial charge in [0.05, 0.1) is 22.7 Å². The fourth-order valence-electron chi connectivity index (χ4n) is 4.95. The summed E-state index contributed by atoms with van der Waals surface area (Å²) in [6.45, 7) is 0.529. The predicted molar refractivity (Wildman–Crippen MR) is 125 cm³/mol. The van der Waals surface area contributed by atoms with Crippen molar-refractivity contribution in [3.63, 3.8) is 0 Å². The second-order valence-electron chi connectivity index (χ2n) is 8.54. The normalized spacial score (nSPS) is 15.1. The number of nitrogens with one attached hydrogen (secondary N) is 1. The molecule has 1 N–H and O–H groups in total. The van der Waals surface area contributed by atoms with Gasteiger partial charge in [-0.15, -0.1) is 0 Å². The Morgan fingerprint density at radius 2 is 1.88 bits per heavy atom. The molecule has 1 fully saturated rings. The fourth-order valence-corrected chi connectivity index (χ4v) is 4.95. The number of pyridine rings is 1. The smallest absolute Gasteiger partial charge is 0.253 e. The second kappa shape index (κ2) is 8.83. The van der Waals surface area contributed by atoms with E-state index in [1.807, 2.05) is 18.3 Å². The number of carbonyl (C=O) groups excluding carboxylic acids is 1. The minimum atomic E-state index is -0.203. The average molecular weight is 437 g/mol. The monoisotopic (exact) mass is 436 g/mol. The van der Waals surface area contributed by atoms with Gasteiger partial charge in [-0.25, -0.2) is 9.97 Å². The van der Waals surface area contributed by atoms with Gasteiger partial charge in [-0.2, -0.15) is 5.26 Å². The van der Waals surface area contributed by atoms with Gasteiger partial charge in [0, 0.05) is 48.3 Å². The zero-order chi connectivity index (χ0) is 22.7. The van der Waals surface area contributed by atoms with E-state index in [4.69, 9.17) is 0 Å². The van der Waals surface area contributed by atoms with E-state index in [0.717, 1.165) is 31.2 Å². The standard InChI is InChI=1S/C26H24N6O/c27-15-19-7-4-9-22-23(19)21(17-32(22)25-29-13-6-14-30-25)24(33)31-18-26(10-2-1-3-11-26)20-8-5-12-28-16-20/h4-9,12-14,16-17H,1-3,10-11,18H2,(H,31,33). The van der Waals surface area contributed by atoms with Crippen LogP contribution in [-0.4, -0.2) is 32.0 Å². The van der Waals surface area contributed by atoms with Crippen LogP contribution in [0.3, 0.4) is 0 Å². The van der Waals surface area contributed by atoms with Crippen molar-refractivity contribution in [3.8, 4) is 12.0 Å². The lowest BCUT2D eigenvalue weighted by Gasteiger charge is -2.37. The van der Waals surface area contributed by atoms with Gasteiger partial charge in [0.25, 0.3) is 5.91 Å². The largest absolute Gasteiger partial charge is 0.351 e. The number of fused-ring (bicyclic) bond motifs is 1. The molecule has 0 saturated heterocycles. The molecule has 1 amide bonds. The van der Waals surface area contributed by atoms with Crippen LogP contribution in [0.1, 0.15) is 53.6 Å². The highest BCUT2D eigenvalue weighted by molar-refractivity contribution is 6.09. The summed E-state index contributed by atoms with van der Waals surface area (Å²) in [5.41, 5.74) is 2.67. The van der Waals surface area contributed by atoms with Crippen molar-refractivity contribution in [2.24, 2.45) is 0 Å². The maximum Gasteiger partial charge on any atom is 0.253 e. The summed E-state index contributed by atoms with van der Waals surface area (Å²) >= 11 is 0. The molecule has 33 heavy (non-hydrogen) atoms. The van der Waals surface area contributed by atoms with E-state index < -0.39 is 0 Å². The zero-order valence-electron chi connectivity index (χ0n) is 18.2. The molecule has 0 unspecified atom stereocenters. The number of benzene rings is 1. The van der Waals surface area contributed by atoms with Crippen LogP contribution in [0, 0.1) is 11.3 Å². The molecule has 4 aromatic rings. The highest BCUT2D eigenvalue weighted by Gasteiger charge is 2.35. The maximum atomic E-state index is 13.5. The lowest BCUT2D eigenvalue weighted by molar-refractivity contribution is 0.0938. The minimum Gasteiger partial charge on any atom is -0.351 e. The van der Waals surface area contributed by atoms with Crippen LogP contribution in [0.5, 0.6) is 0 Å². The maximum absolute atomic E-state index is 13.5. The number of nitrogens with zero attached hydrogens (tertiary/aromatic N) is 5. The van der Waals surface area contributed by atoms with Crippen molar-refractivity contribution in [1.82, 2.24) is 24.8 Å². The van der Waals surface area contributed by atoms with Crippen LogP contribution in [0.25, 0.3) is 16.9 Å². The van der Waals surface area contributed by atoms with E-state index in [1.54, 1.807) is 47.6 Å². The van der Waals surface area contributed by atoms with Crippen LogP contribution in [0.2, 0.25) is 0 Å². The Morgan fingerprint density at radius 3 is 2.61 bits per heavy atom. The number of amides is 1. The molecule has 5 rings (SSSR count). The molecular formula is C26H24N6O. The van der Waals surface area contributed by atoms with Crippen molar-refractivity contribution in [2.45, 2.75) is 37.5 Å². The van der Waals surface area contributed by atoms with E-state index in [9.17, 15) is 10.1 Å². The first kappa shape index (κ1) is 20.8. The number of carbonyl (C=O) groups is 1. The molecule has 1 aromatic carbocycles. The van der Waals surface area contributed by atoms with Crippen LogP contribution in [-0.2, 0) is 5.41 Å². The predicted octanol–water partition coefficient (Wildman–Crippen LogP) is 4.32. The highest BCUT2D eigenvalue weighted by Crippen LogP contribution is 2.39. The van der Waals surface area contributed by atoms with Gasteiger partial charge in [0.1, 0.15) is 0 Å². The average Bonchev–Trinajstić information content (AvgIpc) is 3.29. The second-order valence-corrected chi connectivity index (χ2v) is 8.54. The van der Waals surface area contributed by atoms with Gasteiger partial charge in [0.2, 0.25) is 5.95 Å². The Bertz CT molecular complexity index is 1320. The molecule has 0 atom stereocenters. The van der Waals surface area contributed by atoms with Crippen molar-refractivity contribution >= 4 is 16.8 Å². The first-order valence-electron chi connectivity index (χ1n) is 11.2. The minimum absolute atomic E-state index is 0.124. The lowest BCUT2D eigenvalue weighted by Crippen LogP contribution is -2.42. The molecule has 0 spiro atoms. The van der Waals surface area contributed by atoms with Gasteiger partial charge < -0.3 is 5.32 Å². The van der Waals surface area contributed by atoms with E-state index in [-0.39, 0.29) is 11.3 Å². The molecule has 1 aliphatic carbocycles. The van der Waals surface area contributed by atoms with Gasteiger partial charge in [-0.1, -0.05) is 31.4 Å².